The fourth-order valence-electron chi connectivity index (χ4n) is 3.59. The standard InChI is InChI=1S/C28H20Br2N2O2/c1-18-6-7-19-4-2-3-5-25(19)26(18)17-34-27-13-10-23(30)15-20(27)14-21(16-31)28(33)32-24-11-8-22(29)9-12-24/h2-15H,17H2,1H3,(H,32,33)/b21-14+. The molecule has 4 aromatic carbocycles. The number of rotatable bonds is 6. The maximum atomic E-state index is 12.7. The highest BCUT2D eigenvalue weighted by atomic mass is 79.9. The molecule has 0 radical (unpaired) electrons. The Morgan fingerprint density at radius 3 is 2.50 bits per heavy atom. The number of nitrogens with one attached hydrogen (secondary N) is 1. The second-order valence-corrected chi connectivity index (χ2v) is 9.52. The van der Waals surface area contributed by atoms with E-state index in [1.807, 2.05) is 48.5 Å². The summed E-state index contributed by atoms with van der Waals surface area (Å²) in [6.45, 7) is 2.43. The van der Waals surface area contributed by atoms with E-state index in [0.29, 0.717) is 23.6 Å². The molecule has 6 heteroatoms. The first-order valence-electron chi connectivity index (χ1n) is 10.5. The van der Waals surface area contributed by atoms with Gasteiger partial charge in [0, 0.05) is 25.8 Å². The van der Waals surface area contributed by atoms with Gasteiger partial charge in [-0.05, 0) is 71.8 Å². The summed E-state index contributed by atoms with van der Waals surface area (Å²) in [5.41, 5.74) is 3.46. The van der Waals surface area contributed by atoms with E-state index in [1.54, 1.807) is 18.2 Å². The van der Waals surface area contributed by atoms with Gasteiger partial charge >= 0.3 is 0 Å². The molecule has 0 spiro atoms. The largest absolute Gasteiger partial charge is 0.488 e. The second-order valence-electron chi connectivity index (χ2n) is 7.68. The highest BCUT2D eigenvalue weighted by molar-refractivity contribution is 9.10. The number of anilines is 1. The molecule has 0 bridgehead atoms. The Hall–Kier alpha value is -3.40. The van der Waals surface area contributed by atoms with Gasteiger partial charge in [-0.1, -0.05) is 68.3 Å². The number of halogens is 2. The molecule has 0 saturated heterocycles. The van der Waals surface area contributed by atoms with Crippen LogP contribution in [0.15, 0.2) is 93.4 Å². The lowest BCUT2D eigenvalue weighted by atomic mass is 10.0. The van der Waals surface area contributed by atoms with Crippen LogP contribution in [-0.4, -0.2) is 5.91 Å². The third-order valence-electron chi connectivity index (χ3n) is 5.39. The van der Waals surface area contributed by atoms with Gasteiger partial charge in [-0.2, -0.15) is 5.26 Å². The number of nitriles is 1. The van der Waals surface area contributed by atoms with Crippen LogP contribution in [0.25, 0.3) is 16.8 Å². The van der Waals surface area contributed by atoms with Gasteiger partial charge < -0.3 is 10.1 Å². The van der Waals surface area contributed by atoms with Crippen LogP contribution >= 0.6 is 31.9 Å². The van der Waals surface area contributed by atoms with Gasteiger partial charge in [-0.25, -0.2) is 0 Å². The van der Waals surface area contributed by atoms with Crippen LogP contribution in [0.4, 0.5) is 5.69 Å². The zero-order valence-electron chi connectivity index (χ0n) is 18.3. The van der Waals surface area contributed by atoms with Crippen LogP contribution in [0.1, 0.15) is 16.7 Å². The summed E-state index contributed by atoms with van der Waals surface area (Å²) in [6, 6.07) is 27.1. The Morgan fingerprint density at radius 1 is 1.00 bits per heavy atom. The molecule has 0 fully saturated rings. The molecule has 0 aliphatic rings. The van der Waals surface area contributed by atoms with Crippen LogP contribution in [0.5, 0.6) is 5.75 Å². The van der Waals surface area contributed by atoms with Gasteiger partial charge in [0.05, 0.1) is 0 Å². The van der Waals surface area contributed by atoms with Crippen molar-refractivity contribution in [3.8, 4) is 11.8 Å². The van der Waals surface area contributed by atoms with Crippen LogP contribution in [0, 0.1) is 18.3 Å². The fraction of sp³-hybridized carbons (Fsp3) is 0.0714. The van der Waals surface area contributed by atoms with Gasteiger partial charge in [-0.15, -0.1) is 0 Å². The third-order valence-corrected chi connectivity index (χ3v) is 6.41. The molecule has 4 nitrogen and oxygen atoms in total. The van der Waals surface area contributed by atoms with Crippen molar-refractivity contribution >= 4 is 60.3 Å². The first kappa shape index (κ1) is 23.7. The first-order valence-corrected chi connectivity index (χ1v) is 12.1. The molecule has 0 heterocycles. The Bertz CT molecular complexity index is 1440. The van der Waals surface area contributed by atoms with E-state index in [-0.39, 0.29) is 5.57 Å². The minimum Gasteiger partial charge on any atom is -0.488 e. The average molecular weight is 576 g/mol. The lowest BCUT2D eigenvalue weighted by Crippen LogP contribution is -2.13. The van der Waals surface area contributed by atoms with Crippen molar-refractivity contribution in [1.82, 2.24) is 0 Å². The van der Waals surface area contributed by atoms with Gasteiger partial charge in [0.1, 0.15) is 24.0 Å². The first-order chi connectivity index (χ1) is 16.4. The molecule has 168 valence electrons. The Kier molecular flexibility index (Phi) is 7.46. The SMILES string of the molecule is Cc1ccc2ccccc2c1COc1ccc(Br)cc1/C=C(\C#N)C(=O)Nc1ccc(Br)cc1. The number of carbonyl (C=O) groups is 1. The molecular weight excluding hydrogens is 556 g/mol. The maximum absolute atomic E-state index is 12.7. The van der Waals surface area contributed by atoms with Crippen LogP contribution in [0.3, 0.4) is 0 Å². The van der Waals surface area contributed by atoms with E-state index in [9.17, 15) is 10.1 Å². The number of amides is 1. The van der Waals surface area contributed by atoms with E-state index in [4.69, 9.17) is 4.74 Å². The highest BCUT2D eigenvalue weighted by Crippen LogP contribution is 2.29. The summed E-state index contributed by atoms with van der Waals surface area (Å²) < 4.78 is 7.93. The van der Waals surface area contributed by atoms with E-state index in [1.165, 1.54) is 0 Å². The number of ether oxygens (including phenoxy) is 1. The number of nitrogens with zero attached hydrogens (tertiary/aromatic N) is 1. The predicted molar refractivity (Wildman–Crippen MR) is 144 cm³/mol. The number of aryl methyl sites for hydroxylation is 1. The fourth-order valence-corrected chi connectivity index (χ4v) is 4.23. The Morgan fingerprint density at radius 2 is 1.74 bits per heavy atom. The molecule has 4 rings (SSSR count). The van der Waals surface area contributed by atoms with Crippen molar-refractivity contribution in [2.45, 2.75) is 13.5 Å². The average Bonchev–Trinajstić information content (AvgIpc) is 2.84. The smallest absolute Gasteiger partial charge is 0.266 e. The number of carbonyl (C=O) groups excluding carboxylic acids is 1. The highest BCUT2D eigenvalue weighted by Gasteiger charge is 2.13. The lowest BCUT2D eigenvalue weighted by molar-refractivity contribution is -0.112. The van der Waals surface area contributed by atoms with Gasteiger partial charge in [0.2, 0.25) is 0 Å². The number of fused-ring (bicyclic) bond motifs is 1. The summed E-state index contributed by atoms with van der Waals surface area (Å²) in [4.78, 5) is 12.7. The summed E-state index contributed by atoms with van der Waals surface area (Å²) >= 11 is 6.84. The molecule has 0 atom stereocenters. The molecule has 1 N–H and O–H groups in total. The monoisotopic (exact) mass is 574 g/mol. The van der Waals surface area contributed by atoms with Gasteiger partial charge in [0.15, 0.2) is 0 Å². The van der Waals surface area contributed by atoms with Crippen molar-refractivity contribution < 1.29 is 9.53 Å². The van der Waals surface area contributed by atoms with Crippen LogP contribution in [-0.2, 0) is 11.4 Å². The molecule has 1 amide bonds. The topological polar surface area (TPSA) is 62.1 Å². The molecule has 4 aromatic rings. The molecule has 0 aliphatic heterocycles. The summed E-state index contributed by atoms with van der Waals surface area (Å²) in [7, 11) is 0. The summed E-state index contributed by atoms with van der Waals surface area (Å²) in [5, 5.41) is 14.7. The van der Waals surface area contributed by atoms with E-state index in [2.05, 4.69) is 68.4 Å². The molecular formula is C28H20Br2N2O2. The van der Waals surface area contributed by atoms with Crippen molar-refractivity contribution in [2.24, 2.45) is 0 Å². The quantitative estimate of drug-likeness (QED) is 0.188. The summed E-state index contributed by atoms with van der Waals surface area (Å²) in [5.74, 6) is 0.0976. The Labute approximate surface area is 215 Å². The summed E-state index contributed by atoms with van der Waals surface area (Å²) in [6.07, 6.45) is 1.55. The minimum absolute atomic E-state index is 0.0211. The lowest BCUT2D eigenvalue weighted by Gasteiger charge is -2.14. The van der Waals surface area contributed by atoms with Crippen molar-refractivity contribution in [2.75, 3.05) is 5.32 Å². The molecule has 0 aliphatic carbocycles. The van der Waals surface area contributed by atoms with Crippen molar-refractivity contribution in [3.05, 3.63) is 110 Å². The molecule has 34 heavy (non-hydrogen) atoms. The van der Waals surface area contributed by atoms with Crippen molar-refractivity contribution in [3.63, 3.8) is 0 Å². The van der Waals surface area contributed by atoms with Gasteiger partial charge in [-0.3, -0.25) is 4.79 Å². The van der Waals surface area contributed by atoms with Crippen molar-refractivity contribution in [1.29, 1.82) is 5.26 Å². The predicted octanol–water partition coefficient (Wildman–Crippen LogP) is 7.80. The molecule has 0 unspecified atom stereocenters. The van der Waals surface area contributed by atoms with Gasteiger partial charge in [0.25, 0.3) is 5.91 Å². The normalized spacial score (nSPS) is 11.2. The maximum Gasteiger partial charge on any atom is 0.266 e. The second kappa shape index (κ2) is 10.7. The van der Waals surface area contributed by atoms with Crippen LogP contribution in [0.2, 0.25) is 0 Å². The third kappa shape index (κ3) is 5.56. The van der Waals surface area contributed by atoms with E-state index >= 15 is 0 Å². The molecule has 0 saturated carbocycles. The zero-order valence-corrected chi connectivity index (χ0v) is 21.5. The Balaban J connectivity index is 1.61. The number of hydrogen-bond acceptors (Lipinski definition) is 3. The molecule has 0 aromatic heterocycles. The minimum atomic E-state index is -0.486. The van der Waals surface area contributed by atoms with E-state index < -0.39 is 5.91 Å². The van der Waals surface area contributed by atoms with Crippen LogP contribution < -0.4 is 10.1 Å². The number of benzene rings is 4. The zero-order chi connectivity index (χ0) is 24.1. The number of hydrogen-bond donors (Lipinski definition) is 1. The van der Waals surface area contributed by atoms with E-state index in [0.717, 1.165) is 30.8 Å².